The fourth-order valence-electron chi connectivity index (χ4n) is 3.05. The van der Waals surface area contributed by atoms with Crippen LogP contribution in [-0.4, -0.2) is 43.0 Å². The van der Waals surface area contributed by atoms with Crippen LogP contribution in [-0.2, 0) is 19.4 Å². The minimum atomic E-state index is -0.391. The minimum Gasteiger partial charge on any atom is -0.391 e. The van der Waals surface area contributed by atoms with Gasteiger partial charge >= 0.3 is 0 Å². The number of thioether (sulfide) groups is 1. The summed E-state index contributed by atoms with van der Waals surface area (Å²) in [6, 6.07) is 8.35. The number of benzene rings is 1. The average molecular weight is 359 g/mol. The van der Waals surface area contributed by atoms with Crippen molar-refractivity contribution >= 4 is 22.7 Å². The third-order valence-electron chi connectivity index (χ3n) is 4.54. The summed E-state index contributed by atoms with van der Waals surface area (Å²) in [5.74, 6) is 2.80. The number of para-hydroxylation sites is 1. The lowest BCUT2D eigenvalue weighted by molar-refractivity contribution is 0.144. The third kappa shape index (κ3) is 4.07. The standard InChI is InChI=1S/C19H26N4OS/c1-4-14(24)12-23-19(21-18(22-23)9-10-25-3)11-16-13(2)20-17-8-6-5-7-15(16)17/h5-8,14,20,24H,4,9-12H2,1-3H3. The van der Waals surface area contributed by atoms with Gasteiger partial charge in [0, 0.05) is 35.2 Å². The Morgan fingerprint density at radius 1 is 1.32 bits per heavy atom. The summed E-state index contributed by atoms with van der Waals surface area (Å²) in [5, 5.41) is 16.0. The van der Waals surface area contributed by atoms with E-state index >= 15 is 0 Å². The van der Waals surface area contributed by atoms with Crippen molar-refractivity contribution in [1.29, 1.82) is 0 Å². The van der Waals surface area contributed by atoms with Crippen LogP contribution in [0, 0.1) is 6.92 Å². The molecule has 2 N–H and O–H groups in total. The summed E-state index contributed by atoms with van der Waals surface area (Å²) in [7, 11) is 0. The van der Waals surface area contributed by atoms with E-state index in [9.17, 15) is 5.11 Å². The van der Waals surface area contributed by atoms with Crippen molar-refractivity contribution in [2.45, 2.75) is 45.8 Å². The van der Waals surface area contributed by atoms with Gasteiger partial charge in [0.2, 0.25) is 0 Å². The topological polar surface area (TPSA) is 66.7 Å². The van der Waals surface area contributed by atoms with Crippen LogP contribution >= 0.6 is 11.8 Å². The molecule has 0 radical (unpaired) electrons. The highest BCUT2D eigenvalue weighted by molar-refractivity contribution is 7.98. The maximum Gasteiger partial charge on any atom is 0.151 e. The van der Waals surface area contributed by atoms with Crippen molar-refractivity contribution in [3.8, 4) is 0 Å². The third-order valence-corrected chi connectivity index (χ3v) is 5.15. The van der Waals surface area contributed by atoms with E-state index in [1.807, 2.05) is 17.7 Å². The zero-order chi connectivity index (χ0) is 17.8. The molecule has 25 heavy (non-hydrogen) atoms. The SMILES string of the molecule is CCC(O)Cn1nc(CCSC)nc1Cc1c(C)[nH]c2ccccc12. The van der Waals surface area contributed by atoms with E-state index in [2.05, 4.69) is 41.5 Å². The highest BCUT2D eigenvalue weighted by Gasteiger charge is 2.16. The molecule has 0 aliphatic carbocycles. The molecule has 0 aliphatic rings. The Morgan fingerprint density at radius 3 is 2.88 bits per heavy atom. The van der Waals surface area contributed by atoms with Crippen molar-refractivity contribution in [3.63, 3.8) is 0 Å². The Balaban J connectivity index is 1.93. The van der Waals surface area contributed by atoms with E-state index in [0.717, 1.165) is 41.5 Å². The first-order chi connectivity index (χ1) is 12.1. The molecule has 6 heteroatoms. The van der Waals surface area contributed by atoms with Crippen LogP contribution in [0.4, 0.5) is 0 Å². The number of aromatic amines is 1. The zero-order valence-corrected chi connectivity index (χ0v) is 15.9. The van der Waals surface area contributed by atoms with Crippen LogP contribution in [0.15, 0.2) is 24.3 Å². The van der Waals surface area contributed by atoms with Gasteiger partial charge in [-0.25, -0.2) is 9.67 Å². The van der Waals surface area contributed by atoms with Gasteiger partial charge in [0.1, 0.15) is 5.82 Å². The number of aliphatic hydroxyl groups excluding tert-OH is 1. The quantitative estimate of drug-likeness (QED) is 0.648. The van der Waals surface area contributed by atoms with Crippen LogP contribution < -0.4 is 0 Å². The van der Waals surface area contributed by atoms with Crippen LogP contribution in [0.3, 0.4) is 0 Å². The number of H-pyrrole nitrogens is 1. The molecule has 5 nitrogen and oxygen atoms in total. The number of aliphatic hydroxyl groups is 1. The summed E-state index contributed by atoms with van der Waals surface area (Å²) in [6.45, 7) is 4.59. The molecular formula is C19H26N4OS. The zero-order valence-electron chi connectivity index (χ0n) is 15.1. The van der Waals surface area contributed by atoms with Crippen LogP contribution in [0.25, 0.3) is 10.9 Å². The lowest BCUT2D eigenvalue weighted by Crippen LogP contribution is -2.18. The van der Waals surface area contributed by atoms with E-state index in [4.69, 9.17) is 4.98 Å². The minimum absolute atomic E-state index is 0.391. The highest BCUT2D eigenvalue weighted by Crippen LogP contribution is 2.24. The summed E-state index contributed by atoms with van der Waals surface area (Å²) < 4.78 is 1.89. The fourth-order valence-corrected chi connectivity index (χ4v) is 3.44. The predicted octanol–water partition coefficient (Wildman–Crippen LogP) is 3.34. The average Bonchev–Trinajstić information content (AvgIpc) is 3.14. The van der Waals surface area contributed by atoms with E-state index in [1.165, 1.54) is 10.9 Å². The first kappa shape index (κ1) is 18.0. The van der Waals surface area contributed by atoms with Crippen molar-refractivity contribution in [3.05, 3.63) is 47.2 Å². The number of fused-ring (bicyclic) bond motifs is 1. The number of aromatic nitrogens is 4. The lowest BCUT2D eigenvalue weighted by Gasteiger charge is -2.10. The van der Waals surface area contributed by atoms with E-state index in [0.29, 0.717) is 13.0 Å². The summed E-state index contributed by atoms with van der Waals surface area (Å²) in [4.78, 5) is 8.22. The lowest BCUT2D eigenvalue weighted by atomic mass is 10.1. The highest BCUT2D eigenvalue weighted by atomic mass is 32.2. The molecule has 0 saturated heterocycles. The molecule has 134 valence electrons. The molecule has 3 rings (SSSR count). The number of nitrogens with zero attached hydrogens (tertiary/aromatic N) is 3. The number of aryl methyl sites for hydroxylation is 2. The largest absolute Gasteiger partial charge is 0.391 e. The Hall–Kier alpha value is -1.79. The normalized spacial score (nSPS) is 12.8. The van der Waals surface area contributed by atoms with Crippen molar-refractivity contribution in [2.75, 3.05) is 12.0 Å². The molecule has 3 aromatic rings. The summed E-state index contributed by atoms with van der Waals surface area (Å²) in [6.07, 6.45) is 3.99. The molecule has 0 spiro atoms. The first-order valence-electron chi connectivity index (χ1n) is 8.78. The van der Waals surface area contributed by atoms with E-state index < -0.39 is 6.10 Å². The van der Waals surface area contributed by atoms with E-state index in [1.54, 1.807) is 11.8 Å². The van der Waals surface area contributed by atoms with Gasteiger partial charge in [-0.2, -0.15) is 16.9 Å². The Morgan fingerprint density at radius 2 is 2.12 bits per heavy atom. The van der Waals surface area contributed by atoms with Crippen LogP contribution in [0.1, 0.15) is 36.3 Å². The van der Waals surface area contributed by atoms with Crippen molar-refractivity contribution < 1.29 is 5.11 Å². The van der Waals surface area contributed by atoms with Gasteiger partial charge in [-0.15, -0.1) is 0 Å². The molecule has 0 fully saturated rings. The Kier molecular flexibility index (Phi) is 5.81. The molecule has 2 aromatic heterocycles. The molecule has 0 saturated carbocycles. The van der Waals surface area contributed by atoms with Gasteiger partial charge in [0.15, 0.2) is 5.82 Å². The molecule has 1 unspecified atom stereocenters. The molecule has 0 bridgehead atoms. The summed E-state index contributed by atoms with van der Waals surface area (Å²) in [5.41, 5.74) is 3.57. The number of hydrogen-bond acceptors (Lipinski definition) is 4. The summed E-state index contributed by atoms with van der Waals surface area (Å²) >= 11 is 1.80. The maximum absolute atomic E-state index is 10.1. The second-order valence-electron chi connectivity index (χ2n) is 6.38. The number of nitrogens with one attached hydrogen (secondary N) is 1. The fraction of sp³-hybridized carbons (Fsp3) is 0.474. The predicted molar refractivity (Wildman–Crippen MR) is 104 cm³/mol. The monoisotopic (exact) mass is 358 g/mol. The molecule has 1 atom stereocenters. The molecular weight excluding hydrogens is 332 g/mol. The molecule has 0 amide bonds. The molecule has 0 aliphatic heterocycles. The second-order valence-corrected chi connectivity index (χ2v) is 7.37. The van der Waals surface area contributed by atoms with Gasteiger partial charge in [0.25, 0.3) is 0 Å². The van der Waals surface area contributed by atoms with E-state index in [-0.39, 0.29) is 0 Å². The molecule has 2 heterocycles. The van der Waals surface area contributed by atoms with Crippen LogP contribution in [0.5, 0.6) is 0 Å². The Labute approximate surface area is 152 Å². The van der Waals surface area contributed by atoms with Crippen LogP contribution in [0.2, 0.25) is 0 Å². The maximum atomic E-state index is 10.1. The first-order valence-corrected chi connectivity index (χ1v) is 10.2. The molecule has 1 aromatic carbocycles. The number of rotatable bonds is 8. The van der Waals surface area contributed by atoms with Crippen molar-refractivity contribution in [1.82, 2.24) is 19.7 Å². The van der Waals surface area contributed by atoms with Gasteiger partial charge < -0.3 is 10.1 Å². The Bertz CT molecular complexity index is 839. The second kappa shape index (κ2) is 8.06. The van der Waals surface area contributed by atoms with Gasteiger partial charge in [-0.05, 0) is 31.2 Å². The van der Waals surface area contributed by atoms with Gasteiger partial charge in [-0.3, -0.25) is 0 Å². The number of hydrogen-bond donors (Lipinski definition) is 2. The van der Waals surface area contributed by atoms with Gasteiger partial charge in [-0.1, -0.05) is 25.1 Å². The van der Waals surface area contributed by atoms with Crippen molar-refractivity contribution in [2.24, 2.45) is 0 Å². The van der Waals surface area contributed by atoms with Gasteiger partial charge in [0.05, 0.1) is 12.6 Å². The smallest absolute Gasteiger partial charge is 0.151 e.